The number of hydrogen-bond acceptors (Lipinski definition) is 6. The molecule has 1 aromatic heterocycles. The van der Waals surface area contributed by atoms with Crippen molar-refractivity contribution in [2.45, 2.75) is 6.04 Å². The molecule has 1 atom stereocenters. The molecule has 0 saturated carbocycles. The molecular weight excluding hydrogens is 464 g/mol. The van der Waals surface area contributed by atoms with E-state index in [-0.39, 0.29) is 18.1 Å². The number of hydrogen-bond donors (Lipinski definition) is 1. The summed E-state index contributed by atoms with van der Waals surface area (Å²) in [5.41, 5.74) is 1.53. The molecule has 0 radical (unpaired) electrons. The van der Waals surface area contributed by atoms with E-state index in [4.69, 9.17) is 9.47 Å². The maximum absolute atomic E-state index is 13.1. The monoisotopic (exact) mass is 478 g/mol. The van der Waals surface area contributed by atoms with E-state index in [1.165, 1.54) is 4.90 Å². The normalized spacial score (nSPS) is 19.1. The minimum absolute atomic E-state index is 0.00459. The van der Waals surface area contributed by atoms with Crippen molar-refractivity contribution in [3.8, 4) is 11.5 Å². The van der Waals surface area contributed by atoms with E-state index in [9.17, 15) is 14.7 Å². The Balaban J connectivity index is 1.70. The summed E-state index contributed by atoms with van der Waals surface area (Å²) in [6.45, 7) is 0.0871. The topological polar surface area (TPSA) is 89.0 Å². The maximum Gasteiger partial charge on any atom is 0.300 e. The van der Waals surface area contributed by atoms with Gasteiger partial charge in [0.1, 0.15) is 5.76 Å². The second kappa shape index (κ2) is 7.55. The third kappa shape index (κ3) is 3.25. The predicted octanol–water partition coefficient (Wildman–Crippen LogP) is 4.20. The number of amides is 1. The van der Waals surface area contributed by atoms with Gasteiger partial charge < -0.3 is 14.6 Å². The SMILES string of the molecule is O=C1C(=O)N(c2cccc(Br)c2)C(c2ccncc2)/C1=C(/O)c1ccc2c(c1)OCO2. The fourth-order valence-corrected chi connectivity index (χ4v) is 4.17. The number of ether oxygens (including phenoxy) is 2. The second-order valence-electron chi connectivity index (χ2n) is 7.00. The third-order valence-corrected chi connectivity index (χ3v) is 5.69. The van der Waals surface area contributed by atoms with Gasteiger partial charge in [0, 0.05) is 28.1 Å². The number of aliphatic hydroxyl groups is 1. The van der Waals surface area contributed by atoms with E-state index < -0.39 is 17.7 Å². The molecule has 2 aromatic carbocycles. The first-order valence-electron chi connectivity index (χ1n) is 9.41. The van der Waals surface area contributed by atoms with Crippen molar-refractivity contribution in [3.05, 3.63) is 88.2 Å². The molecule has 1 fully saturated rings. The minimum Gasteiger partial charge on any atom is -0.507 e. The van der Waals surface area contributed by atoms with E-state index in [1.54, 1.807) is 60.9 Å². The summed E-state index contributed by atoms with van der Waals surface area (Å²) >= 11 is 3.41. The Morgan fingerprint density at radius 2 is 1.81 bits per heavy atom. The van der Waals surface area contributed by atoms with Gasteiger partial charge in [0.2, 0.25) is 6.79 Å². The number of fused-ring (bicyclic) bond motifs is 1. The van der Waals surface area contributed by atoms with Crippen LogP contribution in [0.1, 0.15) is 17.2 Å². The Morgan fingerprint density at radius 3 is 2.58 bits per heavy atom. The number of nitrogens with zero attached hydrogens (tertiary/aromatic N) is 2. The number of anilines is 1. The summed E-state index contributed by atoms with van der Waals surface area (Å²) in [4.78, 5) is 31.6. The first-order chi connectivity index (χ1) is 15.0. The lowest BCUT2D eigenvalue weighted by Gasteiger charge is -2.25. The van der Waals surface area contributed by atoms with E-state index in [1.807, 2.05) is 6.07 Å². The van der Waals surface area contributed by atoms with Crippen molar-refractivity contribution < 1.29 is 24.2 Å². The van der Waals surface area contributed by atoms with Gasteiger partial charge in [-0.15, -0.1) is 0 Å². The zero-order valence-electron chi connectivity index (χ0n) is 16.0. The largest absolute Gasteiger partial charge is 0.507 e. The van der Waals surface area contributed by atoms with Crippen LogP contribution < -0.4 is 14.4 Å². The van der Waals surface area contributed by atoms with Crippen molar-refractivity contribution in [1.82, 2.24) is 4.98 Å². The van der Waals surface area contributed by atoms with Gasteiger partial charge in [-0.25, -0.2) is 0 Å². The average Bonchev–Trinajstić information content (AvgIpc) is 3.36. The fourth-order valence-electron chi connectivity index (χ4n) is 3.79. The van der Waals surface area contributed by atoms with Crippen LogP contribution in [-0.4, -0.2) is 28.6 Å². The Kier molecular flexibility index (Phi) is 4.71. The molecule has 1 saturated heterocycles. The van der Waals surface area contributed by atoms with Crippen molar-refractivity contribution in [2.24, 2.45) is 0 Å². The Hall–Kier alpha value is -3.65. The Bertz CT molecular complexity index is 1240. The Morgan fingerprint density at radius 1 is 1.03 bits per heavy atom. The number of benzene rings is 2. The molecule has 1 amide bonds. The van der Waals surface area contributed by atoms with Gasteiger partial charge in [-0.05, 0) is 54.1 Å². The summed E-state index contributed by atoms with van der Waals surface area (Å²) < 4.78 is 11.5. The van der Waals surface area contributed by atoms with Gasteiger partial charge in [-0.1, -0.05) is 22.0 Å². The first-order valence-corrected chi connectivity index (χ1v) is 10.2. The van der Waals surface area contributed by atoms with Crippen molar-refractivity contribution in [1.29, 1.82) is 0 Å². The highest BCUT2D eigenvalue weighted by molar-refractivity contribution is 9.10. The van der Waals surface area contributed by atoms with E-state index in [2.05, 4.69) is 20.9 Å². The Labute approximate surface area is 185 Å². The van der Waals surface area contributed by atoms with Crippen LogP contribution in [0.5, 0.6) is 11.5 Å². The first kappa shape index (κ1) is 19.3. The van der Waals surface area contributed by atoms with Crippen molar-refractivity contribution in [2.75, 3.05) is 11.7 Å². The van der Waals surface area contributed by atoms with Crippen molar-refractivity contribution >= 4 is 39.1 Å². The van der Waals surface area contributed by atoms with Crippen LogP contribution in [0.3, 0.4) is 0 Å². The summed E-state index contributed by atoms with van der Waals surface area (Å²) in [5.74, 6) is -0.752. The van der Waals surface area contributed by atoms with Crippen LogP contribution in [0, 0.1) is 0 Å². The lowest BCUT2D eigenvalue weighted by Crippen LogP contribution is -2.29. The maximum atomic E-state index is 13.1. The number of aromatic nitrogens is 1. The number of aliphatic hydroxyl groups excluding tert-OH is 1. The van der Waals surface area contributed by atoms with Crippen LogP contribution in [0.15, 0.2) is 77.0 Å². The molecule has 1 unspecified atom stereocenters. The number of carbonyl (C=O) groups is 2. The van der Waals surface area contributed by atoms with Gasteiger partial charge in [-0.3, -0.25) is 19.5 Å². The molecule has 1 N–H and O–H groups in total. The lowest BCUT2D eigenvalue weighted by atomic mass is 9.95. The molecule has 3 aromatic rings. The molecule has 7 nitrogen and oxygen atoms in total. The number of carbonyl (C=O) groups excluding carboxylic acids is 2. The number of halogens is 1. The number of rotatable bonds is 3. The summed E-state index contributed by atoms with van der Waals surface area (Å²) in [6, 6.07) is 14.6. The molecule has 5 rings (SSSR count). The lowest BCUT2D eigenvalue weighted by molar-refractivity contribution is -0.132. The molecule has 0 aliphatic carbocycles. The van der Waals surface area contributed by atoms with Crippen LogP contribution in [-0.2, 0) is 9.59 Å². The smallest absolute Gasteiger partial charge is 0.300 e. The molecule has 3 heterocycles. The summed E-state index contributed by atoms with van der Waals surface area (Å²) in [5, 5.41) is 11.1. The average molecular weight is 479 g/mol. The molecule has 8 heteroatoms. The summed E-state index contributed by atoms with van der Waals surface area (Å²) in [6.07, 6.45) is 3.16. The molecule has 0 spiro atoms. The highest BCUT2D eigenvalue weighted by Gasteiger charge is 2.47. The number of ketones is 1. The van der Waals surface area contributed by atoms with Gasteiger partial charge >= 0.3 is 0 Å². The van der Waals surface area contributed by atoms with Gasteiger partial charge in [0.25, 0.3) is 11.7 Å². The van der Waals surface area contributed by atoms with Gasteiger partial charge in [0.15, 0.2) is 11.5 Å². The number of pyridine rings is 1. The van der Waals surface area contributed by atoms with E-state index >= 15 is 0 Å². The van der Waals surface area contributed by atoms with Crippen LogP contribution in [0.25, 0.3) is 5.76 Å². The molecule has 31 heavy (non-hydrogen) atoms. The highest BCUT2D eigenvalue weighted by atomic mass is 79.9. The molecular formula is C23H15BrN2O5. The molecule has 2 aliphatic heterocycles. The standard InChI is InChI=1S/C23H15BrN2O5/c24-15-2-1-3-16(11-15)26-20(13-6-8-25-9-7-13)19(22(28)23(26)29)21(27)14-4-5-17-18(10-14)31-12-30-17/h1-11,20,27H,12H2/b21-19-. The molecule has 154 valence electrons. The second-order valence-corrected chi connectivity index (χ2v) is 7.91. The molecule has 0 bridgehead atoms. The van der Waals surface area contributed by atoms with Crippen LogP contribution in [0.4, 0.5) is 5.69 Å². The van der Waals surface area contributed by atoms with Gasteiger partial charge in [0.05, 0.1) is 11.6 Å². The minimum atomic E-state index is -0.817. The third-order valence-electron chi connectivity index (χ3n) is 5.20. The van der Waals surface area contributed by atoms with Crippen molar-refractivity contribution in [3.63, 3.8) is 0 Å². The highest BCUT2D eigenvalue weighted by Crippen LogP contribution is 2.43. The molecule has 2 aliphatic rings. The predicted molar refractivity (Wildman–Crippen MR) is 116 cm³/mol. The fraction of sp³-hybridized carbons (Fsp3) is 0.0870. The summed E-state index contributed by atoms with van der Waals surface area (Å²) in [7, 11) is 0. The van der Waals surface area contributed by atoms with E-state index in [0.29, 0.717) is 28.3 Å². The zero-order chi connectivity index (χ0) is 21.5. The van der Waals surface area contributed by atoms with E-state index in [0.717, 1.165) is 4.47 Å². The van der Waals surface area contributed by atoms with Crippen LogP contribution in [0.2, 0.25) is 0 Å². The van der Waals surface area contributed by atoms with Gasteiger partial charge in [-0.2, -0.15) is 0 Å². The number of Topliss-reactive ketones (excluding diaryl/α,β-unsaturated/α-hetero) is 1. The van der Waals surface area contributed by atoms with Crippen LogP contribution >= 0.6 is 15.9 Å². The zero-order valence-corrected chi connectivity index (χ0v) is 17.6. The quantitative estimate of drug-likeness (QED) is 0.344.